The van der Waals surface area contributed by atoms with E-state index in [0.717, 1.165) is 5.69 Å². The summed E-state index contributed by atoms with van der Waals surface area (Å²) in [6, 6.07) is 9.04. The third kappa shape index (κ3) is 3.45. The highest BCUT2D eigenvalue weighted by molar-refractivity contribution is 5.94. The third-order valence-corrected chi connectivity index (χ3v) is 3.14. The van der Waals surface area contributed by atoms with Crippen molar-refractivity contribution in [3.05, 3.63) is 59.7 Å². The van der Waals surface area contributed by atoms with Gasteiger partial charge in [-0.15, -0.1) is 0 Å². The number of aromatic nitrogens is 1. The normalized spacial score (nSPS) is 12.2. The summed E-state index contributed by atoms with van der Waals surface area (Å²) in [5.74, 6) is -0.648. The summed E-state index contributed by atoms with van der Waals surface area (Å²) in [6.07, 6.45) is 1.66. The van der Waals surface area contributed by atoms with E-state index < -0.39 is 6.10 Å². The van der Waals surface area contributed by atoms with E-state index in [0.29, 0.717) is 18.5 Å². The molecule has 1 aromatic carbocycles. The number of nitrogens with zero attached hydrogens (tertiary/aromatic N) is 1. The monoisotopic (exact) mass is 276 g/mol. The van der Waals surface area contributed by atoms with Gasteiger partial charge in [-0.25, -0.2) is 4.39 Å². The van der Waals surface area contributed by atoms with Crippen molar-refractivity contribution < 1.29 is 14.3 Å². The number of halogens is 1. The van der Waals surface area contributed by atoms with Crippen LogP contribution >= 0.6 is 0 Å². The lowest BCUT2D eigenvalue weighted by Gasteiger charge is -2.12. The Morgan fingerprint density at radius 1 is 1.35 bits per heavy atom. The minimum absolute atomic E-state index is 0.274. The second kappa shape index (κ2) is 6.34. The molecule has 2 rings (SSSR count). The molecule has 0 bridgehead atoms. The SMILES string of the molecule is Cn1cccc1C(O)CCNC(=O)c1ccc(F)cc1. The number of aliphatic hydroxyl groups is 1. The molecule has 5 heteroatoms. The topological polar surface area (TPSA) is 54.3 Å². The van der Waals surface area contributed by atoms with Gasteiger partial charge in [-0.1, -0.05) is 0 Å². The number of nitrogens with one attached hydrogen (secondary N) is 1. The highest BCUT2D eigenvalue weighted by atomic mass is 19.1. The standard InChI is InChI=1S/C15H17FN2O2/c1-18-10-2-3-13(18)14(19)8-9-17-15(20)11-4-6-12(16)7-5-11/h2-7,10,14,19H,8-9H2,1H3,(H,17,20). The molecule has 0 fully saturated rings. The average Bonchev–Trinajstić information content (AvgIpc) is 2.85. The second-order valence-electron chi connectivity index (χ2n) is 4.61. The van der Waals surface area contributed by atoms with Gasteiger partial charge in [-0.05, 0) is 42.8 Å². The number of aryl methyl sites for hydroxylation is 1. The van der Waals surface area contributed by atoms with Crippen LogP contribution in [0.2, 0.25) is 0 Å². The van der Waals surface area contributed by atoms with Crippen molar-refractivity contribution in [2.24, 2.45) is 7.05 Å². The number of amides is 1. The average molecular weight is 276 g/mol. The van der Waals surface area contributed by atoms with Crippen molar-refractivity contribution in [1.29, 1.82) is 0 Å². The molecule has 2 N–H and O–H groups in total. The van der Waals surface area contributed by atoms with Gasteiger partial charge in [0.05, 0.1) is 6.10 Å². The highest BCUT2D eigenvalue weighted by Crippen LogP contribution is 2.15. The molecule has 0 aliphatic carbocycles. The molecule has 0 spiro atoms. The van der Waals surface area contributed by atoms with Gasteiger partial charge in [0, 0.05) is 31.0 Å². The van der Waals surface area contributed by atoms with E-state index in [2.05, 4.69) is 5.32 Å². The summed E-state index contributed by atoms with van der Waals surface area (Å²) in [6.45, 7) is 0.350. The largest absolute Gasteiger partial charge is 0.387 e. The lowest BCUT2D eigenvalue weighted by molar-refractivity contribution is 0.0941. The molecule has 0 aliphatic heterocycles. The summed E-state index contributed by atoms with van der Waals surface area (Å²) in [5, 5.41) is 12.7. The van der Waals surface area contributed by atoms with Crippen molar-refractivity contribution >= 4 is 5.91 Å². The number of hydrogen-bond donors (Lipinski definition) is 2. The number of aliphatic hydroxyl groups excluding tert-OH is 1. The predicted octanol–water partition coefficient (Wildman–Crippen LogP) is 2.02. The van der Waals surface area contributed by atoms with Crippen molar-refractivity contribution in [2.75, 3.05) is 6.54 Å². The number of carbonyl (C=O) groups excluding carboxylic acids is 1. The van der Waals surface area contributed by atoms with E-state index in [1.54, 1.807) is 0 Å². The molecule has 0 saturated carbocycles. The summed E-state index contributed by atoms with van der Waals surface area (Å²) in [4.78, 5) is 11.8. The fourth-order valence-corrected chi connectivity index (χ4v) is 1.99. The zero-order valence-corrected chi connectivity index (χ0v) is 11.2. The van der Waals surface area contributed by atoms with Crippen LogP contribution in [0.3, 0.4) is 0 Å². The fourth-order valence-electron chi connectivity index (χ4n) is 1.99. The molecule has 0 saturated heterocycles. The minimum atomic E-state index is -0.622. The van der Waals surface area contributed by atoms with E-state index in [1.807, 2.05) is 29.9 Å². The Morgan fingerprint density at radius 2 is 2.05 bits per heavy atom. The molecule has 4 nitrogen and oxygen atoms in total. The first-order valence-electron chi connectivity index (χ1n) is 6.41. The van der Waals surface area contributed by atoms with Crippen LogP contribution in [0.5, 0.6) is 0 Å². The molecule has 106 valence electrons. The van der Waals surface area contributed by atoms with Gasteiger partial charge >= 0.3 is 0 Å². The van der Waals surface area contributed by atoms with Gasteiger partial charge < -0.3 is 15.0 Å². The van der Waals surface area contributed by atoms with Crippen LogP contribution < -0.4 is 5.32 Å². The van der Waals surface area contributed by atoms with E-state index in [4.69, 9.17) is 0 Å². The van der Waals surface area contributed by atoms with Gasteiger partial charge in [-0.3, -0.25) is 4.79 Å². The van der Waals surface area contributed by atoms with Gasteiger partial charge in [-0.2, -0.15) is 0 Å². The van der Waals surface area contributed by atoms with Crippen LogP contribution in [0.4, 0.5) is 4.39 Å². The molecule has 0 radical (unpaired) electrons. The molecular formula is C15H17FN2O2. The van der Waals surface area contributed by atoms with E-state index >= 15 is 0 Å². The van der Waals surface area contributed by atoms with E-state index in [-0.39, 0.29) is 11.7 Å². The number of benzene rings is 1. The maximum absolute atomic E-state index is 12.7. The van der Waals surface area contributed by atoms with Crippen molar-refractivity contribution in [2.45, 2.75) is 12.5 Å². The number of carbonyl (C=O) groups is 1. The Labute approximate surface area is 116 Å². The molecule has 1 heterocycles. The quantitative estimate of drug-likeness (QED) is 0.878. The smallest absolute Gasteiger partial charge is 0.251 e. The Bertz CT molecular complexity index is 578. The minimum Gasteiger partial charge on any atom is -0.387 e. The summed E-state index contributed by atoms with van der Waals surface area (Å²) >= 11 is 0. The highest BCUT2D eigenvalue weighted by Gasteiger charge is 2.11. The predicted molar refractivity (Wildman–Crippen MR) is 73.7 cm³/mol. The second-order valence-corrected chi connectivity index (χ2v) is 4.61. The van der Waals surface area contributed by atoms with Gasteiger partial charge in [0.2, 0.25) is 0 Å². The molecule has 1 atom stereocenters. The first kappa shape index (κ1) is 14.3. The first-order valence-corrected chi connectivity index (χ1v) is 6.41. The van der Waals surface area contributed by atoms with Crippen molar-refractivity contribution in [3.63, 3.8) is 0 Å². The third-order valence-electron chi connectivity index (χ3n) is 3.14. The van der Waals surface area contributed by atoms with Gasteiger partial charge in [0.25, 0.3) is 5.91 Å². The number of rotatable bonds is 5. The Kier molecular flexibility index (Phi) is 4.53. The van der Waals surface area contributed by atoms with E-state index in [9.17, 15) is 14.3 Å². The molecule has 1 aromatic heterocycles. The van der Waals surface area contributed by atoms with Crippen LogP contribution in [-0.2, 0) is 7.05 Å². The van der Waals surface area contributed by atoms with Crippen molar-refractivity contribution in [1.82, 2.24) is 9.88 Å². The first-order chi connectivity index (χ1) is 9.58. The Morgan fingerprint density at radius 3 is 2.65 bits per heavy atom. The zero-order chi connectivity index (χ0) is 14.5. The molecule has 20 heavy (non-hydrogen) atoms. The van der Waals surface area contributed by atoms with Gasteiger partial charge in [0.1, 0.15) is 5.82 Å². The fraction of sp³-hybridized carbons (Fsp3) is 0.267. The lowest BCUT2D eigenvalue weighted by atomic mass is 10.1. The Balaban J connectivity index is 1.82. The van der Waals surface area contributed by atoms with Crippen LogP contribution in [0.15, 0.2) is 42.6 Å². The molecule has 2 aromatic rings. The number of hydrogen-bond acceptors (Lipinski definition) is 2. The van der Waals surface area contributed by atoms with E-state index in [1.165, 1.54) is 24.3 Å². The van der Waals surface area contributed by atoms with Crippen LogP contribution in [0.25, 0.3) is 0 Å². The zero-order valence-electron chi connectivity index (χ0n) is 11.2. The molecule has 0 aliphatic rings. The van der Waals surface area contributed by atoms with Crippen LogP contribution in [-0.4, -0.2) is 22.1 Å². The van der Waals surface area contributed by atoms with Crippen LogP contribution in [0.1, 0.15) is 28.6 Å². The summed E-state index contributed by atoms with van der Waals surface area (Å²) in [7, 11) is 1.86. The molecule has 1 unspecified atom stereocenters. The van der Waals surface area contributed by atoms with Gasteiger partial charge in [0.15, 0.2) is 0 Å². The maximum Gasteiger partial charge on any atom is 0.251 e. The summed E-state index contributed by atoms with van der Waals surface area (Å²) in [5.41, 5.74) is 1.21. The molecule has 1 amide bonds. The van der Waals surface area contributed by atoms with Crippen molar-refractivity contribution in [3.8, 4) is 0 Å². The lowest BCUT2D eigenvalue weighted by Crippen LogP contribution is -2.25. The maximum atomic E-state index is 12.7. The van der Waals surface area contributed by atoms with Crippen LogP contribution in [0, 0.1) is 5.82 Å². The Hall–Kier alpha value is -2.14. The molecular weight excluding hydrogens is 259 g/mol. The summed E-state index contributed by atoms with van der Waals surface area (Å²) < 4.78 is 14.6.